The highest BCUT2D eigenvalue weighted by Gasteiger charge is 2.23. The lowest BCUT2D eigenvalue weighted by molar-refractivity contribution is -0.173. The summed E-state index contributed by atoms with van der Waals surface area (Å²) in [6.45, 7) is 5.11. The van der Waals surface area contributed by atoms with Gasteiger partial charge in [-0.3, -0.25) is 24.1 Å². The Morgan fingerprint density at radius 2 is 1.61 bits per heavy atom. The molecule has 128 valence electrons. The standard InChI is InChI=1S/C16H23NO6/c1-16(2,3)15(21)23-11-22-14(20)7-5-4-6-10-17-12(18)8-9-13(17)19/h8-9H,4-7,10-11H2,1-3H3. The zero-order valence-corrected chi connectivity index (χ0v) is 13.8. The van der Waals surface area contributed by atoms with Crippen molar-refractivity contribution in [1.29, 1.82) is 0 Å². The fraction of sp³-hybridized carbons (Fsp3) is 0.625. The van der Waals surface area contributed by atoms with Gasteiger partial charge in [-0.05, 0) is 33.6 Å². The van der Waals surface area contributed by atoms with Gasteiger partial charge >= 0.3 is 11.9 Å². The van der Waals surface area contributed by atoms with E-state index in [4.69, 9.17) is 9.47 Å². The van der Waals surface area contributed by atoms with Crippen LogP contribution in [-0.4, -0.2) is 42.0 Å². The van der Waals surface area contributed by atoms with Gasteiger partial charge in [0.25, 0.3) is 11.8 Å². The van der Waals surface area contributed by atoms with Crippen LogP contribution in [-0.2, 0) is 28.7 Å². The highest BCUT2D eigenvalue weighted by molar-refractivity contribution is 6.12. The summed E-state index contributed by atoms with van der Waals surface area (Å²) in [4.78, 5) is 46.7. The number of hydrogen-bond acceptors (Lipinski definition) is 6. The van der Waals surface area contributed by atoms with Gasteiger partial charge in [-0.2, -0.15) is 0 Å². The third kappa shape index (κ3) is 6.63. The number of rotatable bonds is 8. The molecule has 0 saturated carbocycles. The van der Waals surface area contributed by atoms with Crippen molar-refractivity contribution >= 4 is 23.8 Å². The zero-order valence-electron chi connectivity index (χ0n) is 13.8. The minimum absolute atomic E-state index is 0.202. The highest BCUT2D eigenvalue weighted by Crippen LogP contribution is 2.15. The van der Waals surface area contributed by atoms with Crippen molar-refractivity contribution in [2.24, 2.45) is 5.41 Å². The third-order valence-electron chi connectivity index (χ3n) is 3.19. The number of imide groups is 1. The second-order valence-corrected chi connectivity index (χ2v) is 6.29. The number of unbranched alkanes of at least 4 members (excludes halogenated alkanes) is 2. The summed E-state index contributed by atoms with van der Waals surface area (Å²) < 4.78 is 9.64. The number of nitrogens with zero attached hydrogens (tertiary/aromatic N) is 1. The molecule has 0 aromatic heterocycles. The van der Waals surface area contributed by atoms with E-state index in [0.717, 1.165) is 0 Å². The lowest BCUT2D eigenvalue weighted by Gasteiger charge is -2.16. The van der Waals surface area contributed by atoms with Crippen molar-refractivity contribution < 1.29 is 28.7 Å². The van der Waals surface area contributed by atoms with Gasteiger partial charge in [-0.1, -0.05) is 6.42 Å². The Hall–Kier alpha value is -2.18. The summed E-state index contributed by atoms with van der Waals surface area (Å²) >= 11 is 0. The molecule has 2 amide bonds. The molecule has 0 spiro atoms. The second kappa shape index (κ2) is 8.45. The topological polar surface area (TPSA) is 90.0 Å². The van der Waals surface area contributed by atoms with E-state index in [9.17, 15) is 19.2 Å². The van der Waals surface area contributed by atoms with E-state index in [0.29, 0.717) is 25.8 Å². The van der Waals surface area contributed by atoms with Crippen molar-refractivity contribution in [2.45, 2.75) is 46.5 Å². The number of amides is 2. The van der Waals surface area contributed by atoms with Crippen LogP contribution in [0, 0.1) is 5.41 Å². The Bertz CT molecular complexity index is 485. The summed E-state index contributed by atoms with van der Waals surface area (Å²) in [6.07, 6.45) is 4.60. The van der Waals surface area contributed by atoms with Crippen LogP contribution >= 0.6 is 0 Å². The SMILES string of the molecule is CC(C)(C)C(=O)OCOC(=O)CCCCCN1C(=O)C=CC1=O. The molecule has 1 heterocycles. The van der Waals surface area contributed by atoms with E-state index >= 15 is 0 Å². The molecule has 1 rings (SSSR count). The Morgan fingerprint density at radius 3 is 2.17 bits per heavy atom. The molecule has 0 unspecified atom stereocenters. The first-order chi connectivity index (χ1) is 10.7. The molecule has 23 heavy (non-hydrogen) atoms. The lowest BCUT2D eigenvalue weighted by Crippen LogP contribution is -2.30. The lowest BCUT2D eigenvalue weighted by atomic mass is 9.98. The van der Waals surface area contributed by atoms with E-state index < -0.39 is 17.4 Å². The Balaban J connectivity index is 2.05. The van der Waals surface area contributed by atoms with Crippen molar-refractivity contribution in [1.82, 2.24) is 4.90 Å². The fourth-order valence-corrected chi connectivity index (χ4v) is 1.80. The van der Waals surface area contributed by atoms with E-state index in [1.807, 2.05) is 0 Å². The van der Waals surface area contributed by atoms with Gasteiger partial charge in [0, 0.05) is 25.1 Å². The van der Waals surface area contributed by atoms with Gasteiger partial charge in [-0.25, -0.2) is 0 Å². The van der Waals surface area contributed by atoms with Crippen molar-refractivity contribution in [3.63, 3.8) is 0 Å². The minimum atomic E-state index is -0.633. The van der Waals surface area contributed by atoms with Crippen LogP contribution in [0.5, 0.6) is 0 Å². The molecule has 0 N–H and O–H groups in total. The van der Waals surface area contributed by atoms with Crippen LogP contribution in [0.25, 0.3) is 0 Å². The van der Waals surface area contributed by atoms with E-state index in [2.05, 4.69) is 0 Å². The van der Waals surface area contributed by atoms with E-state index in [1.54, 1.807) is 20.8 Å². The predicted molar refractivity (Wildman–Crippen MR) is 80.8 cm³/mol. The molecule has 0 atom stereocenters. The third-order valence-corrected chi connectivity index (χ3v) is 3.19. The number of carbonyl (C=O) groups is 4. The average Bonchev–Trinajstić information content (AvgIpc) is 2.77. The quantitative estimate of drug-likeness (QED) is 0.291. The summed E-state index contributed by atoms with van der Waals surface area (Å²) in [6, 6.07) is 0. The number of hydrogen-bond donors (Lipinski definition) is 0. The molecule has 0 bridgehead atoms. The molecule has 0 fully saturated rings. The molecule has 1 aliphatic rings. The first-order valence-corrected chi connectivity index (χ1v) is 7.58. The molecule has 0 aliphatic carbocycles. The van der Waals surface area contributed by atoms with Crippen LogP contribution in [0.15, 0.2) is 12.2 Å². The first kappa shape index (κ1) is 18.9. The summed E-state index contributed by atoms with van der Waals surface area (Å²) in [5.41, 5.74) is -0.633. The minimum Gasteiger partial charge on any atom is -0.428 e. The molecule has 7 nitrogen and oxygen atoms in total. The van der Waals surface area contributed by atoms with Crippen LogP contribution in [0.4, 0.5) is 0 Å². The van der Waals surface area contributed by atoms with Crippen molar-refractivity contribution in [2.75, 3.05) is 13.3 Å². The van der Waals surface area contributed by atoms with Crippen molar-refractivity contribution in [3.8, 4) is 0 Å². The van der Waals surface area contributed by atoms with E-state index in [1.165, 1.54) is 17.1 Å². The maximum atomic E-state index is 11.5. The van der Waals surface area contributed by atoms with Gasteiger partial charge in [0.1, 0.15) is 0 Å². The molecule has 0 saturated heterocycles. The maximum absolute atomic E-state index is 11.5. The summed E-state index contributed by atoms with van der Waals surface area (Å²) in [7, 11) is 0. The Labute approximate surface area is 135 Å². The fourth-order valence-electron chi connectivity index (χ4n) is 1.80. The van der Waals surface area contributed by atoms with Crippen LogP contribution in [0.2, 0.25) is 0 Å². The molecule has 0 radical (unpaired) electrons. The number of esters is 2. The molecule has 0 aromatic rings. The van der Waals surface area contributed by atoms with Gasteiger partial charge in [0.05, 0.1) is 5.41 Å². The molecule has 7 heteroatoms. The summed E-state index contributed by atoms with van der Waals surface area (Å²) in [5.74, 6) is -1.47. The summed E-state index contributed by atoms with van der Waals surface area (Å²) in [5, 5.41) is 0. The Morgan fingerprint density at radius 1 is 1.00 bits per heavy atom. The number of ether oxygens (including phenoxy) is 2. The highest BCUT2D eigenvalue weighted by atomic mass is 16.7. The molecular weight excluding hydrogens is 302 g/mol. The molecule has 0 aromatic carbocycles. The normalized spacial score (nSPS) is 14.3. The van der Waals surface area contributed by atoms with E-state index in [-0.39, 0.29) is 25.0 Å². The smallest absolute Gasteiger partial charge is 0.314 e. The Kier molecular flexibility index (Phi) is 6.93. The van der Waals surface area contributed by atoms with Crippen LogP contribution in [0.1, 0.15) is 46.5 Å². The number of carbonyl (C=O) groups excluding carboxylic acids is 4. The second-order valence-electron chi connectivity index (χ2n) is 6.29. The van der Waals surface area contributed by atoms with Gasteiger partial charge < -0.3 is 9.47 Å². The van der Waals surface area contributed by atoms with Crippen LogP contribution in [0.3, 0.4) is 0 Å². The molecule has 1 aliphatic heterocycles. The van der Waals surface area contributed by atoms with Gasteiger partial charge in [-0.15, -0.1) is 0 Å². The van der Waals surface area contributed by atoms with Gasteiger partial charge in [0.15, 0.2) is 0 Å². The largest absolute Gasteiger partial charge is 0.428 e. The molecular formula is C16H23NO6. The van der Waals surface area contributed by atoms with Crippen LogP contribution < -0.4 is 0 Å². The maximum Gasteiger partial charge on any atom is 0.314 e. The predicted octanol–water partition coefficient (Wildman–Crippen LogP) is 1.56. The zero-order chi connectivity index (χ0) is 17.5. The monoisotopic (exact) mass is 325 g/mol. The van der Waals surface area contributed by atoms with Crippen molar-refractivity contribution in [3.05, 3.63) is 12.2 Å². The average molecular weight is 325 g/mol. The first-order valence-electron chi connectivity index (χ1n) is 7.58. The van der Waals surface area contributed by atoms with Gasteiger partial charge in [0.2, 0.25) is 6.79 Å².